The Kier molecular flexibility index (Phi) is 3.00. The van der Waals surface area contributed by atoms with Crippen molar-refractivity contribution in [1.29, 1.82) is 0 Å². The Labute approximate surface area is 170 Å². The predicted molar refractivity (Wildman–Crippen MR) is 109 cm³/mol. The van der Waals surface area contributed by atoms with Gasteiger partial charge in [0.2, 0.25) is 11.8 Å². The highest BCUT2D eigenvalue weighted by molar-refractivity contribution is 6.29. The number of hydrogen-bond donors (Lipinski definition) is 1. The summed E-state index contributed by atoms with van der Waals surface area (Å²) in [6, 6.07) is 14.3. The van der Waals surface area contributed by atoms with E-state index in [0.29, 0.717) is 34.0 Å². The third-order valence-electron chi connectivity index (χ3n) is 6.12. The second-order valence-electron chi connectivity index (χ2n) is 7.64. The van der Waals surface area contributed by atoms with Gasteiger partial charge < -0.3 is 14.6 Å². The maximum absolute atomic E-state index is 13.9. The number of fused-ring (bicyclic) bond motifs is 7. The zero-order valence-corrected chi connectivity index (χ0v) is 16.1. The number of Topliss-reactive ketones (excluding diaryl/α,β-unsaturated/α-hetero) is 1. The molecule has 1 N–H and O–H groups in total. The number of amides is 1. The van der Waals surface area contributed by atoms with Crippen molar-refractivity contribution < 1.29 is 14.3 Å². The molecule has 1 aromatic heterocycles. The molecule has 0 bridgehead atoms. The van der Waals surface area contributed by atoms with Crippen LogP contribution in [-0.4, -0.2) is 28.7 Å². The van der Waals surface area contributed by atoms with Crippen LogP contribution in [0.2, 0.25) is 0 Å². The molecule has 7 heteroatoms. The van der Waals surface area contributed by atoms with Gasteiger partial charge in [-0.05, 0) is 13.0 Å². The number of anilines is 1. The molecule has 1 aliphatic carbocycles. The van der Waals surface area contributed by atoms with Crippen molar-refractivity contribution in [2.45, 2.75) is 12.3 Å². The molecule has 2 aliphatic heterocycles. The fraction of sp³-hybridized carbons (Fsp3) is 0.130. The average molecular weight is 397 g/mol. The van der Waals surface area contributed by atoms with Crippen molar-refractivity contribution in [3.05, 3.63) is 92.5 Å². The summed E-state index contributed by atoms with van der Waals surface area (Å²) in [6.45, 7) is 1.64. The smallest absolute Gasteiger partial charge is 0.259 e. The fourth-order valence-corrected chi connectivity index (χ4v) is 4.93. The Morgan fingerprint density at radius 3 is 2.50 bits per heavy atom. The van der Waals surface area contributed by atoms with Gasteiger partial charge in [-0.3, -0.25) is 14.4 Å². The summed E-state index contributed by atoms with van der Waals surface area (Å²) in [4.78, 5) is 49.2. The molecule has 30 heavy (non-hydrogen) atoms. The van der Waals surface area contributed by atoms with Gasteiger partial charge in [-0.15, -0.1) is 0 Å². The van der Waals surface area contributed by atoms with Gasteiger partial charge >= 0.3 is 0 Å². The number of para-hydroxylation sites is 1. The number of hydrogen-bond acceptors (Lipinski definition) is 5. The molecule has 0 saturated heterocycles. The van der Waals surface area contributed by atoms with Gasteiger partial charge in [-0.2, -0.15) is 4.98 Å². The van der Waals surface area contributed by atoms with Crippen molar-refractivity contribution in [3.63, 3.8) is 0 Å². The number of nitrogens with zero attached hydrogens (tertiary/aromatic N) is 2. The first kappa shape index (κ1) is 16.9. The molecule has 0 radical (unpaired) electrons. The third kappa shape index (κ3) is 1.72. The van der Waals surface area contributed by atoms with E-state index < -0.39 is 11.0 Å². The molecule has 6 rings (SSSR count). The Morgan fingerprint density at radius 2 is 1.70 bits per heavy atom. The summed E-state index contributed by atoms with van der Waals surface area (Å²) in [5.41, 5.74) is 0.385. The number of rotatable bonds is 0. The van der Waals surface area contributed by atoms with Crippen molar-refractivity contribution >= 4 is 23.1 Å². The predicted octanol–water partition coefficient (Wildman–Crippen LogP) is 2.34. The molecule has 1 spiro atoms. The van der Waals surface area contributed by atoms with Crippen LogP contribution in [-0.2, 0) is 10.2 Å². The van der Waals surface area contributed by atoms with Crippen LogP contribution in [0.15, 0.2) is 58.9 Å². The number of aromatic amines is 1. The molecule has 3 heterocycles. The SMILES string of the molecule is Cc1nc2c(c(=O)[nH]1)C1(C(=O)N(C)c3ccccc31)C1=C(O2)c2ccccc2C1=O. The van der Waals surface area contributed by atoms with E-state index in [0.717, 1.165) is 0 Å². The number of carbonyl (C=O) groups is 2. The van der Waals surface area contributed by atoms with Crippen LogP contribution in [0.4, 0.5) is 5.69 Å². The van der Waals surface area contributed by atoms with E-state index >= 15 is 0 Å². The number of H-pyrrole nitrogens is 1. The number of benzene rings is 2. The topological polar surface area (TPSA) is 92.4 Å². The minimum absolute atomic E-state index is 0.0507. The highest BCUT2D eigenvalue weighted by atomic mass is 16.5. The molecule has 7 nitrogen and oxygen atoms in total. The van der Waals surface area contributed by atoms with Crippen molar-refractivity contribution in [2.75, 3.05) is 11.9 Å². The van der Waals surface area contributed by atoms with E-state index in [9.17, 15) is 14.4 Å². The molecular weight excluding hydrogens is 382 g/mol. The van der Waals surface area contributed by atoms with Crippen LogP contribution in [0.1, 0.15) is 32.9 Å². The van der Waals surface area contributed by atoms with Gasteiger partial charge in [0.25, 0.3) is 5.56 Å². The summed E-state index contributed by atoms with van der Waals surface area (Å²) in [5, 5.41) is 0. The molecular formula is C23H15N3O4. The molecule has 1 atom stereocenters. The summed E-state index contributed by atoms with van der Waals surface area (Å²) >= 11 is 0. The third-order valence-corrected chi connectivity index (χ3v) is 6.12. The van der Waals surface area contributed by atoms with Crippen LogP contribution in [0.25, 0.3) is 5.76 Å². The second-order valence-corrected chi connectivity index (χ2v) is 7.64. The van der Waals surface area contributed by atoms with Crippen LogP contribution in [0.3, 0.4) is 0 Å². The standard InChI is InChI=1S/C23H15N3O4/c1-11-24-20(28)17-21(25-11)30-19-13-8-4-3-7-12(13)18(27)16(19)23(17)14-9-5-6-10-15(14)26(2)22(23)29/h3-10H,1-2H3,(H,24,25,28). The molecule has 146 valence electrons. The first-order valence-corrected chi connectivity index (χ1v) is 9.52. The lowest BCUT2D eigenvalue weighted by Crippen LogP contribution is -2.48. The van der Waals surface area contributed by atoms with E-state index in [4.69, 9.17) is 4.74 Å². The van der Waals surface area contributed by atoms with E-state index in [1.165, 1.54) is 4.90 Å². The average Bonchev–Trinajstić information content (AvgIpc) is 3.14. The zero-order valence-electron chi connectivity index (χ0n) is 16.1. The minimum atomic E-state index is -1.61. The van der Waals surface area contributed by atoms with Gasteiger partial charge in [0, 0.05) is 29.4 Å². The summed E-state index contributed by atoms with van der Waals surface area (Å²) in [6.07, 6.45) is 0. The van der Waals surface area contributed by atoms with Gasteiger partial charge in [0.1, 0.15) is 22.6 Å². The van der Waals surface area contributed by atoms with Gasteiger partial charge in [-0.25, -0.2) is 0 Å². The van der Waals surface area contributed by atoms with Crippen LogP contribution >= 0.6 is 0 Å². The van der Waals surface area contributed by atoms with Gasteiger partial charge in [-0.1, -0.05) is 42.5 Å². The first-order chi connectivity index (χ1) is 14.5. The highest BCUT2D eigenvalue weighted by Gasteiger charge is 2.63. The van der Waals surface area contributed by atoms with Crippen LogP contribution in [0, 0.1) is 6.92 Å². The van der Waals surface area contributed by atoms with E-state index in [2.05, 4.69) is 9.97 Å². The minimum Gasteiger partial charge on any atom is -0.437 e. The lowest BCUT2D eigenvalue weighted by Gasteiger charge is -2.33. The number of likely N-dealkylation sites (N-methyl/N-ethyl adjacent to an activating group) is 1. The number of nitrogens with one attached hydrogen (secondary N) is 1. The summed E-state index contributed by atoms with van der Waals surface area (Å²) in [7, 11) is 1.65. The van der Waals surface area contributed by atoms with Crippen molar-refractivity contribution in [3.8, 4) is 5.88 Å². The Bertz CT molecular complexity index is 1420. The zero-order chi connectivity index (χ0) is 20.8. The lowest BCUT2D eigenvalue weighted by atomic mass is 9.68. The van der Waals surface area contributed by atoms with E-state index in [-0.39, 0.29) is 28.7 Å². The maximum Gasteiger partial charge on any atom is 0.259 e. The second kappa shape index (κ2) is 5.33. The molecule has 2 aromatic carbocycles. The molecule has 3 aliphatic rings. The van der Waals surface area contributed by atoms with Crippen LogP contribution in [0.5, 0.6) is 5.88 Å². The van der Waals surface area contributed by atoms with E-state index in [1.807, 2.05) is 6.07 Å². The molecule has 0 fully saturated rings. The monoisotopic (exact) mass is 397 g/mol. The summed E-state index contributed by atoms with van der Waals surface area (Å²) < 4.78 is 6.06. The number of ketones is 1. The highest BCUT2D eigenvalue weighted by Crippen LogP contribution is 2.57. The molecule has 1 amide bonds. The Morgan fingerprint density at radius 1 is 1.00 bits per heavy atom. The van der Waals surface area contributed by atoms with Gasteiger partial charge in [0.05, 0.1) is 5.57 Å². The van der Waals surface area contributed by atoms with Crippen molar-refractivity contribution in [2.24, 2.45) is 0 Å². The first-order valence-electron chi connectivity index (χ1n) is 9.52. The summed E-state index contributed by atoms with van der Waals surface area (Å²) in [5.74, 6) is 0.0161. The van der Waals surface area contributed by atoms with Crippen molar-refractivity contribution in [1.82, 2.24) is 9.97 Å². The number of aromatic nitrogens is 2. The molecule has 3 aromatic rings. The fourth-order valence-electron chi connectivity index (χ4n) is 4.93. The molecule has 0 saturated carbocycles. The van der Waals surface area contributed by atoms with Crippen LogP contribution < -0.4 is 15.2 Å². The van der Waals surface area contributed by atoms with Gasteiger partial charge in [0.15, 0.2) is 5.78 Å². The quantitative estimate of drug-likeness (QED) is 0.629. The van der Waals surface area contributed by atoms with E-state index in [1.54, 1.807) is 56.4 Å². The number of carbonyl (C=O) groups excluding carboxylic acids is 2. The Hall–Kier alpha value is -4.00. The lowest BCUT2D eigenvalue weighted by molar-refractivity contribution is -0.120. The number of ether oxygens (including phenoxy) is 1. The maximum atomic E-state index is 13.9. The Balaban J connectivity index is 1.83. The molecule has 1 unspecified atom stereocenters. The largest absolute Gasteiger partial charge is 0.437 e. The number of aryl methyl sites for hydroxylation is 1. The normalized spacial score (nSPS) is 20.8.